The highest BCUT2D eigenvalue weighted by Gasteiger charge is 2.05. The second-order valence-electron chi connectivity index (χ2n) is 1.95. The number of hydrogen-bond acceptors (Lipinski definition) is 2. The van der Waals surface area contributed by atoms with E-state index in [9.17, 15) is 4.79 Å². The molecule has 0 aromatic heterocycles. The Kier molecular flexibility index (Phi) is 2.92. The number of rotatable bonds is 2. The molecule has 1 aliphatic heterocycles. The van der Waals surface area contributed by atoms with Crippen LogP contribution >= 0.6 is 22.6 Å². The van der Waals surface area contributed by atoms with Gasteiger partial charge in [-0.1, -0.05) is 0 Å². The summed E-state index contributed by atoms with van der Waals surface area (Å²) >= 11 is 1.73. The lowest BCUT2D eigenvalue weighted by Crippen LogP contribution is -1.98. The SMILES string of the molecule is O=C(I)/C=C/C1CC=CO1. The van der Waals surface area contributed by atoms with E-state index < -0.39 is 0 Å². The number of halogens is 1. The lowest BCUT2D eigenvalue weighted by atomic mass is 10.2. The summed E-state index contributed by atoms with van der Waals surface area (Å²) in [5.74, 6) is 0. The van der Waals surface area contributed by atoms with Crippen molar-refractivity contribution in [3.63, 3.8) is 0 Å². The zero-order chi connectivity index (χ0) is 7.40. The first-order valence-electron chi connectivity index (χ1n) is 2.97. The standard InChI is InChI=1S/C7H7IO2/c8-7(9)4-3-6-2-1-5-10-6/h1,3-6H,2H2/b4-3+. The monoisotopic (exact) mass is 250 g/mol. The van der Waals surface area contributed by atoms with Crippen LogP contribution in [0, 0.1) is 0 Å². The van der Waals surface area contributed by atoms with Gasteiger partial charge in [-0.25, -0.2) is 0 Å². The quantitative estimate of drug-likeness (QED) is 0.424. The van der Waals surface area contributed by atoms with E-state index in [1.165, 1.54) is 6.08 Å². The predicted octanol–water partition coefficient (Wildman–Crippen LogP) is 1.81. The molecule has 2 nitrogen and oxygen atoms in total. The first-order valence-corrected chi connectivity index (χ1v) is 4.05. The van der Waals surface area contributed by atoms with Crippen LogP contribution in [0.1, 0.15) is 6.42 Å². The van der Waals surface area contributed by atoms with Crippen LogP contribution in [-0.2, 0) is 9.53 Å². The van der Waals surface area contributed by atoms with E-state index in [0.29, 0.717) is 0 Å². The molecule has 10 heavy (non-hydrogen) atoms. The van der Waals surface area contributed by atoms with Gasteiger partial charge in [0.2, 0.25) is 3.79 Å². The van der Waals surface area contributed by atoms with Crippen LogP contribution in [0.5, 0.6) is 0 Å². The zero-order valence-electron chi connectivity index (χ0n) is 5.29. The highest BCUT2D eigenvalue weighted by atomic mass is 127. The van der Waals surface area contributed by atoms with E-state index in [1.807, 2.05) is 6.08 Å². The van der Waals surface area contributed by atoms with Crippen molar-refractivity contribution in [2.75, 3.05) is 0 Å². The summed E-state index contributed by atoms with van der Waals surface area (Å²) in [6.07, 6.45) is 7.85. The van der Waals surface area contributed by atoms with E-state index in [-0.39, 0.29) is 9.89 Å². The highest BCUT2D eigenvalue weighted by molar-refractivity contribution is 14.1. The van der Waals surface area contributed by atoms with Gasteiger partial charge in [-0.3, -0.25) is 4.79 Å². The Morgan fingerprint density at radius 1 is 1.80 bits per heavy atom. The third-order valence-electron chi connectivity index (χ3n) is 1.16. The Balaban J connectivity index is 2.32. The fourth-order valence-corrected chi connectivity index (χ4v) is 0.916. The molecule has 0 saturated carbocycles. The first kappa shape index (κ1) is 7.78. The molecular weight excluding hydrogens is 243 g/mol. The molecule has 1 rings (SSSR count). The van der Waals surface area contributed by atoms with E-state index in [1.54, 1.807) is 34.9 Å². The summed E-state index contributed by atoms with van der Waals surface area (Å²) in [7, 11) is 0. The van der Waals surface area contributed by atoms with Crippen LogP contribution in [0.3, 0.4) is 0 Å². The fraction of sp³-hybridized carbons (Fsp3) is 0.286. The van der Waals surface area contributed by atoms with Crippen LogP contribution < -0.4 is 0 Å². The summed E-state index contributed by atoms with van der Waals surface area (Å²) in [6, 6.07) is 0. The molecule has 1 heterocycles. The Hall–Kier alpha value is -0.320. The molecule has 0 N–H and O–H groups in total. The van der Waals surface area contributed by atoms with Crippen LogP contribution in [-0.4, -0.2) is 9.89 Å². The molecule has 0 radical (unpaired) electrons. The second kappa shape index (κ2) is 3.75. The lowest BCUT2D eigenvalue weighted by Gasteiger charge is -2.00. The number of allylic oxidation sites excluding steroid dienone is 1. The van der Waals surface area contributed by atoms with Gasteiger partial charge in [0.05, 0.1) is 6.26 Å². The normalized spacial score (nSPS) is 23.5. The minimum Gasteiger partial charge on any atom is -0.494 e. The van der Waals surface area contributed by atoms with Gasteiger partial charge in [-0.2, -0.15) is 0 Å². The summed E-state index contributed by atoms with van der Waals surface area (Å²) in [6.45, 7) is 0. The van der Waals surface area contributed by atoms with Crippen molar-refractivity contribution in [3.8, 4) is 0 Å². The predicted molar refractivity (Wildman–Crippen MR) is 46.8 cm³/mol. The fourth-order valence-electron chi connectivity index (χ4n) is 0.709. The van der Waals surface area contributed by atoms with E-state index in [2.05, 4.69) is 0 Å². The average Bonchev–Trinajstić information content (AvgIpc) is 2.34. The van der Waals surface area contributed by atoms with Gasteiger partial charge in [-0.05, 0) is 18.2 Å². The van der Waals surface area contributed by atoms with Crippen LogP contribution in [0.4, 0.5) is 0 Å². The third kappa shape index (κ3) is 2.51. The van der Waals surface area contributed by atoms with Gasteiger partial charge in [0.15, 0.2) is 0 Å². The van der Waals surface area contributed by atoms with Gasteiger partial charge in [-0.15, -0.1) is 0 Å². The molecule has 1 unspecified atom stereocenters. The molecule has 0 aromatic carbocycles. The van der Waals surface area contributed by atoms with Crippen molar-refractivity contribution in [1.82, 2.24) is 0 Å². The van der Waals surface area contributed by atoms with Crippen molar-refractivity contribution in [2.45, 2.75) is 12.5 Å². The molecule has 0 amide bonds. The smallest absolute Gasteiger partial charge is 0.215 e. The Morgan fingerprint density at radius 2 is 2.60 bits per heavy atom. The van der Waals surface area contributed by atoms with Crippen LogP contribution in [0.25, 0.3) is 0 Å². The van der Waals surface area contributed by atoms with Gasteiger partial charge in [0.25, 0.3) is 0 Å². The maximum Gasteiger partial charge on any atom is 0.215 e. The van der Waals surface area contributed by atoms with Crippen molar-refractivity contribution in [2.24, 2.45) is 0 Å². The summed E-state index contributed by atoms with van der Waals surface area (Å²) in [5, 5.41) is 0. The largest absolute Gasteiger partial charge is 0.494 e. The maximum absolute atomic E-state index is 10.4. The Labute approximate surface area is 73.1 Å². The molecule has 1 atom stereocenters. The van der Waals surface area contributed by atoms with Crippen molar-refractivity contribution in [3.05, 3.63) is 24.5 Å². The minimum absolute atomic E-state index is 0.0353. The molecular formula is C7H7IO2. The maximum atomic E-state index is 10.4. The van der Waals surface area contributed by atoms with E-state index in [0.717, 1.165) is 6.42 Å². The Bertz CT molecular complexity index is 176. The molecule has 0 fully saturated rings. The molecule has 0 saturated heterocycles. The molecule has 0 aliphatic carbocycles. The minimum atomic E-state index is 0.0353. The van der Waals surface area contributed by atoms with Crippen molar-refractivity contribution >= 4 is 26.4 Å². The topological polar surface area (TPSA) is 26.3 Å². The van der Waals surface area contributed by atoms with E-state index in [4.69, 9.17) is 4.74 Å². The van der Waals surface area contributed by atoms with Gasteiger partial charge < -0.3 is 4.74 Å². The number of hydrogen-bond donors (Lipinski definition) is 0. The molecule has 1 aliphatic rings. The number of carbonyl (C=O) groups excluding carboxylic acids is 1. The third-order valence-corrected chi connectivity index (χ3v) is 1.52. The summed E-state index contributed by atoms with van der Waals surface area (Å²) in [5.41, 5.74) is 0. The van der Waals surface area contributed by atoms with Gasteiger partial charge in [0.1, 0.15) is 6.10 Å². The van der Waals surface area contributed by atoms with Crippen LogP contribution in [0.2, 0.25) is 0 Å². The average molecular weight is 250 g/mol. The Morgan fingerprint density at radius 3 is 3.10 bits per heavy atom. The van der Waals surface area contributed by atoms with Crippen molar-refractivity contribution < 1.29 is 9.53 Å². The van der Waals surface area contributed by atoms with Crippen molar-refractivity contribution in [1.29, 1.82) is 0 Å². The first-order chi connectivity index (χ1) is 4.79. The molecule has 0 bridgehead atoms. The molecule has 54 valence electrons. The summed E-state index contributed by atoms with van der Waals surface area (Å²) < 4.78 is 5.12. The van der Waals surface area contributed by atoms with Crippen LogP contribution in [0.15, 0.2) is 24.5 Å². The molecule has 0 aromatic rings. The number of ether oxygens (including phenoxy) is 1. The molecule has 3 heteroatoms. The second-order valence-corrected chi connectivity index (χ2v) is 3.01. The lowest BCUT2D eigenvalue weighted by molar-refractivity contribution is -0.105. The van der Waals surface area contributed by atoms with E-state index >= 15 is 0 Å². The molecule has 0 spiro atoms. The summed E-state index contributed by atoms with van der Waals surface area (Å²) in [4.78, 5) is 10.4. The number of carbonyl (C=O) groups is 1. The zero-order valence-corrected chi connectivity index (χ0v) is 7.45. The van der Waals surface area contributed by atoms with Gasteiger partial charge in [0, 0.05) is 29.0 Å². The van der Waals surface area contributed by atoms with Gasteiger partial charge >= 0.3 is 0 Å². The highest BCUT2D eigenvalue weighted by Crippen LogP contribution is 2.09.